The fourth-order valence-electron chi connectivity index (χ4n) is 0.910. The van der Waals surface area contributed by atoms with Gasteiger partial charge in [-0.2, -0.15) is 0 Å². The largest absolute Gasteiger partial charge is 0.508 e. The molecule has 1 aromatic carbocycles. The standard InChI is InChI=1S/C8H9BrO2/c9-2-1-6-3-7(10)5-8(11)4-6/h3-5,10-11H,1-2H2. The topological polar surface area (TPSA) is 40.5 Å². The summed E-state index contributed by atoms with van der Waals surface area (Å²) in [7, 11) is 0. The van der Waals surface area contributed by atoms with E-state index in [1.165, 1.54) is 6.07 Å². The highest BCUT2D eigenvalue weighted by Crippen LogP contribution is 2.20. The average Bonchev–Trinajstić information content (AvgIpc) is 1.85. The predicted molar refractivity (Wildman–Crippen MR) is 47.3 cm³/mol. The second-order valence-corrected chi connectivity index (χ2v) is 3.09. The van der Waals surface area contributed by atoms with E-state index >= 15 is 0 Å². The average molecular weight is 217 g/mol. The Morgan fingerprint density at radius 3 is 2.09 bits per heavy atom. The number of aryl methyl sites for hydroxylation is 1. The van der Waals surface area contributed by atoms with Crippen molar-refractivity contribution in [3.63, 3.8) is 0 Å². The summed E-state index contributed by atoms with van der Waals surface area (Å²) in [6, 6.07) is 4.60. The third kappa shape index (κ3) is 2.42. The van der Waals surface area contributed by atoms with Gasteiger partial charge in [-0.1, -0.05) is 15.9 Å². The van der Waals surface area contributed by atoms with Crippen molar-refractivity contribution in [2.45, 2.75) is 6.42 Å². The van der Waals surface area contributed by atoms with Crippen molar-refractivity contribution >= 4 is 15.9 Å². The number of hydrogen-bond donors (Lipinski definition) is 2. The first kappa shape index (κ1) is 8.40. The molecule has 0 fully saturated rings. The lowest BCUT2D eigenvalue weighted by Gasteiger charge is -1.99. The summed E-state index contributed by atoms with van der Waals surface area (Å²) < 4.78 is 0. The highest BCUT2D eigenvalue weighted by atomic mass is 79.9. The van der Waals surface area contributed by atoms with Gasteiger partial charge in [-0.05, 0) is 24.1 Å². The van der Waals surface area contributed by atoms with Gasteiger partial charge in [-0.25, -0.2) is 0 Å². The first-order valence-corrected chi connectivity index (χ1v) is 4.42. The van der Waals surface area contributed by atoms with Gasteiger partial charge in [0.2, 0.25) is 0 Å². The Kier molecular flexibility index (Phi) is 2.76. The zero-order valence-electron chi connectivity index (χ0n) is 5.92. The van der Waals surface area contributed by atoms with Gasteiger partial charge in [0, 0.05) is 11.4 Å². The summed E-state index contributed by atoms with van der Waals surface area (Å²) in [5.74, 6) is 0.224. The quantitative estimate of drug-likeness (QED) is 0.744. The van der Waals surface area contributed by atoms with E-state index in [-0.39, 0.29) is 11.5 Å². The summed E-state index contributed by atoms with van der Waals surface area (Å²) in [6.07, 6.45) is 0.808. The van der Waals surface area contributed by atoms with Gasteiger partial charge in [-0.3, -0.25) is 0 Å². The number of benzene rings is 1. The van der Waals surface area contributed by atoms with Crippen molar-refractivity contribution in [2.24, 2.45) is 0 Å². The number of phenolic OH excluding ortho intramolecular Hbond substituents is 2. The fraction of sp³-hybridized carbons (Fsp3) is 0.250. The third-order valence-corrected chi connectivity index (χ3v) is 1.74. The molecular formula is C8H9BrO2. The highest BCUT2D eigenvalue weighted by molar-refractivity contribution is 9.09. The molecule has 1 rings (SSSR count). The van der Waals surface area contributed by atoms with Crippen LogP contribution < -0.4 is 0 Å². The highest BCUT2D eigenvalue weighted by Gasteiger charge is 1.97. The molecule has 0 unspecified atom stereocenters. The van der Waals surface area contributed by atoms with Gasteiger partial charge >= 0.3 is 0 Å². The Labute approximate surface area is 73.6 Å². The number of hydrogen-bond acceptors (Lipinski definition) is 2. The maximum Gasteiger partial charge on any atom is 0.119 e. The monoisotopic (exact) mass is 216 g/mol. The second kappa shape index (κ2) is 3.62. The number of alkyl halides is 1. The molecule has 0 aliphatic heterocycles. The zero-order chi connectivity index (χ0) is 8.27. The predicted octanol–water partition coefficient (Wildman–Crippen LogP) is 2.04. The van der Waals surface area contributed by atoms with Crippen LogP contribution >= 0.6 is 15.9 Å². The molecule has 11 heavy (non-hydrogen) atoms. The normalized spacial score (nSPS) is 9.91. The maximum absolute atomic E-state index is 9.05. The van der Waals surface area contributed by atoms with Gasteiger partial charge in [0.1, 0.15) is 11.5 Å². The van der Waals surface area contributed by atoms with Crippen molar-refractivity contribution in [1.29, 1.82) is 0 Å². The van der Waals surface area contributed by atoms with Crippen LogP contribution in [0.3, 0.4) is 0 Å². The number of halogens is 1. The molecular weight excluding hydrogens is 208 g/mol. The summed E-state index contributed by atoms with van der Waals surface area (Å²) in [6.45, 7) is 0. The summed E-state index contributed by atoms with van der Waals surface area (Å²) in [5, 5.41) is 18.9. The smallest absolute Gasteiger partial charge is 0.119 e. The van der Waals surface area contributed by atoms with E-state index in [0.717, 1.165) is 17.3 Å². The van der Waals surface area contributed by atoms with E-state index in [9.17, 15) is 0 Å². The van der Waals surface area contributed by atoms with Crippen LogP contribution in [0, 0.1) is 0 Å². The van der Waals surface area contributed by atoms with Gasteiger partial charge in [-0.15, -0.1) is 0 Å². The van der Waals surface area contributed by atoms with E-state index in [1.807, 2.05) is 0 Å². The molecule has 0 saturated carbocycles. The van der Waals surface area contributed by atoms with Crippen molar-refractivity contribution in [2.75, 3.05) is 5.33 Å². The maximum atomic E-state index is 9.05. The van der Waals surface area contributed by atoms with E-state index < -0.39 is 0 Å². The minimum Gasteiger partial charge on any atom is -0.508 e. The zero-order valence-corrected chi connectivity index (χ0v) is 7.50. The molecule has 0 atom stereocenters. The Balaban J connectivity index is 2.89. The lowest BCUT2D eigenvalue weighted by atomic mass is 10.1. The Morgan fingerprint density at radius 2 is 1.64 bits per heavy atom. The number of aromatic hydroxyl groups is 2. The minimum atomic E-state index is 0.112. The fourth-order valence-corrected chi connectivity index (χ4v) is 1.37. The first-order valence-electron chi connectivity index (χ1n) is 3.30. The molecule has 0 radical (unpaired) electrons. The molecule has 0 spiro atoms. The molecule has 2 N–H and O–H groups in total. The molecule has 0 bridgehead atoms. The molecule has 0 heterocycles. The molecule has 0 aromatic heterocycles. The van der Waals surface area contributed by atoms with Gasteiger partial charge < -0.3 is 10.2 Å². The van der Waals surface area contributed by atoms with Crippen LogP contribution in [-0.2, 0) is 6.42 Å². The molecule has 0 saturated heterocycles. The molecule has 3 heteroatoms. The Bertz CT molecular complexity index is 228. The minimum absolute atomic E-state index is 0.112. The number of phenols is 2. The lowest BCUT2D eigenvalue weighted by Crippen LogP contribution is -1.84. The van der Waals surface area contributed by atoms with Gasteiger partial charge in [0.05, 0.1) is 0 Å². The lowest BCUT2D eigenvalue weighted by molar-refractivity contribution is 0.449. The Morgan fingerprint density at radius 1 is 1.09 bits per heavy atom. The van der Waals surface area contributed by atoms with Crippen molar-refractivity contribution in [1.82, 2.24) is 0 Å². The molecule has 2 nitrogen and oxygen atoms in total. The van der Waals surface area contributed by atoms with Gasteiger partial charge in [0.25, 0.3) is 0 Å². The van der Waals surface area contributed by atoms with E-state index in [4.69, 9.17) is 10.2 Å². The second-order valence-electron chi connectivity index (χ2n) is 2.30. The number of rotatable bonds is 2. The molecule has 0 amide bonds. The van der Waals surface area contributed by atoms with Crippen LogP contribution in [0.5, 0.6) is 11.5 Å². The van der Waals surface area contributed by atoms with Crippen molar-refractivity contribution in [3.8, 4) is 11.5 Å². The van der Waals surface area contributed by atoms with E-state index in [1.54, 1.807) is 12.1 Å². The summed E-state index contributed by atoms with van der Waals surface area (Å²) >= 11 is 3.27. The summed E-state index contributed by atoms with van der Waals surface area (Å²) in [5.41, 5.74) is 0.930. The van der Waals surface area contributed by atoms with E-state index in [0.29, 0.717) is 0 Å². The van der Waals surface area contributed by atoms with Crippen LogP contribution in [0.2, 0.25) is 0 Å². The first-order chi connectivity index (χ1) is 5.22. The van der Waals surface area contributed by atoms with Crippen LogP contribution in [0.25, 0.3) is 0 Å². The van der Waals surface area contributed by atoms with Crippen LogP contribution in [-0.4, -0.2) is 15.5 Å². The van der Waals surface area contributed by atoms with Crippen molar-refractivity contribution < 1.29 is 10.2 Å². The Hall–Kier alpha value is -0.700. The molecule has 0 aliphatic rings. The van der Waals surface area contributed by atoms with Crippen molar-refractivity contribution in [3.05, 3.63) is 23.8 Å². The van der Waals surface area contributed by atoms with Crippen LogP contribution in [0.4, 0.5) is 0 Å². The van der Waals surface area contributed by atoms with E-state index in [2.05, 4.69) is 15.9 Å². The van der Waals surface area contributed by atoms with Crippen LogP contribution in [0.1, 0.15) is 5.56 Å². The molecule has 1 aromatic rings. The SMILES string of the molecule is Oc1cc(O)cc(CCBr)c1. The third-order valence-electron chi connectivity index (χ3n) is 1.35. The summed E-state index contributed by atoms with van der Waals surface area (Å²) in [4.78, 5) is 0. The van der Waals surface area contributed by atoms with Crippen LogP contribution in [0.15, 0.2) is 18.2 Å². The molecule has 60 valence electrons. The molecule has 0 aliphatic carbocycles. The van der Waals surface area contributed by atoms with Gasteiger partial charge in [0.15, 0.2) is 0 Å².